The number of nitro groups is 1. The SMILES string of the molecule is Cc1nc(C(=O)Nc2cc(Cl)c([N+](=O)[O-])cc2C)n[nH]1. The Morgan fingerprint density at radius 1 is 1.45 bits per heavy atom. The predicted molar refractivity (Wildman–Crippen MR) is 71.9 cm³/mol. The van der Waals surface area contributed by atoms with E-state index in [4.69, 9.17) is 11.6 Å². The van der Waals surface area contributed by atoms with Gasteiger partial charge in [-0.3, -0.25) is 20.0 Å². The lowest BCUT2D eigenvalue weighted by molar-refractivity contribution is -0.384. The van der Waals surface area contributed by atoms with Gasteiger partial charge in [-0.05, 0) is 25.5 Å². The zero-order valence-corrected chi connectivity index (χ0v) is 11.4. The Balaban J connectivity index is 2.28. The van der Waals surface area contributed by atoms with Gasteiger partial charge in [0.2, 0.25) is 5.82 Å². The molecule has 2 rings (SSSR count). The number of rotatable bonds is 3. The van der Waals surface area contributed by atoms with Crippen molar-refractivity contribution in [2.24, 2.45) is 0 Å². The lowest BCUT2D eigenvalue weighted by Crippen LogP contribution is -2.14. The smallest absolute Gasteiger partial charge is 0.295 e. The highest BCUT2D eigenvalue weighted by Gasteiger charge is 2.18. The van der Waals surface area contributed by atoms with Gasteiger partial charge < -0.3 is 5.32 Å². The van der Waals surface area contributed by atoms with Gasteiger partial charge in [-0.1, -0.05) is 11.6 Å². The molecule has 0 spiro atoms. The van der Waals surface area contributed by atoms with E-state index in [1.165, 1.54) is 12.1 Å². The summed E-state index contributed by atoms with van der Waals surface area (Å²) in [7, 11) is 0. The molecule has 2 aromatic rings. The Morgan fingerprint density at radius 2 is 2.15 bits per heavy atom. The fraction of sp³-hybridized carbons (Fsp3) is 0.182. The lowest BCUT2D eigenvalue weighted by Gasteiger charge is -2.07. The van der Waals surface area contributed by atoms with Crippen LogP contribution in [-0.4, -0.2) is 26.0 Å². The largest absolute Gasteiger partial charge is 0.319 e. The van der Waals surface area contributed by atoms with Crippen molar-refractivity contribution in [3.63, 3.8) is 0 Å². The normalized spacial score (nSPS) is 10.3. The van der Waals surface area contributed by atoms with Gasteiger partial charge in [-0.2, -0.15) is 0 Å². The number of aromatic nitrogens is 3. The number of carbonyl (C=O) groups is 1. The molecular formula is C11H10ClN5O3. The van der Waals surface area contributed by atoms with Gasteiger partial charge >= 0.3 is 0 Å². The van der Waals surface area contributed by atoms with Gasteiger partial charge in [0.05, 0.1) is 4.92 Å². The molecule has 0 unspecified atom stereocenters. The Bertz CT molecular complexity index is 697. The van der Waals surface area contributed by atoms with E-state index in [0.717, 1.165) is 0 Å². The summed E-state index contributed by atoms with van der Waals surface area (Å²) in [4.78, 5) is 25.9. The first-order chi connectivity index (χ1) is 9.38. The number of aryl methyl sites for hydroxylation is 2. The molecule has 1 amide bonds. The van der Waals surface area contributed by atoms with E-state index < -0.39 is 10.8 Å². The molecular weight excluding hydrogens is 286 g/mol. The number of H-pyrrole nitrogens is 1. The molecule has 104 valence electrons. The summed E-state index contributed by atoms with van der Waals surface area (Å²) in [5, 5.41) is 19.5. The number of aromatic amines is 1. The summed E-state index contributed by atoms with van der Waals surface area (Å²) in [6.07, 6.45) is 0. The van der Waals surface area contributed by atoms with Crippen LogP contribution in [0.2, 0.25) is 5.02 Å². The fourth-order valence-corrected chi connectivity index (χ4v) is 1.80. The van der Waals surface area contributed by atoms with Gasteiger partial charge in [0.1, 0.15) is 10.8 Å². The number of anilines is 1. The second kappa shape index (κ2) is 5.25. The van der Waals surface area contributed by atoms with E-state index in [1.807, 2.05) is 0 Å². The molecule has 0 aliphatic heterocycles. The Kier molecular flexibility index (Phi) is 3.66. The molecule has 0 bridgehead atoms. The van der Waals surface area contributed by atoms with Crippen LogP contribution in [0.3, 0.4) is 0 Å². The zero-order chi connectivity index (χ0) is 14.9. The summed E-state index contributed by atoms with van der Waals surface area (Å²) >= 11 is 5.80. The van der Waals surface area contributed by atoms with Crippen molar-refractivity contribution in [2.75, 3.05) is 5.32 Å². The highest BCUT2D eigenvalue weighted by atomic mass is 35.5. The highest BCUT2D eigenvalue weighted by molar-refractivity contribution is 6.33. The summed E-state index contributed by atoms with van der Waals surface area (Å²) in [5.41, 5.74) is 0.672. The Hall–Kier alpha value is -2.48. The van der Waals surface area contributed by atoms with Crippen LogP contribution in [-0.2, 0) is 0 Å². The first-order valence-corrected chi connectivity index (χ1v) is 5.91. The number of amides is 1. The summed E-state index contributed by atoms with van der Waals surface area (Å²) in [5.74, 6) is -0.0349. The summed E-state index contributed by atoms with van der Waals surface area (Å²) in [6, 6.07) is 2.62. The van der Waals surface area contributed by atoms with Gasteiger partial charge in [0.15, 0.2) is 0 Å². The third kappa shape index (κ3) is 2.75. The minimum Gasteiger partial charge on any atom is -0.319 e. The zero-order valence-electron chi connectivity index (χ0n) is 10.6. The first kappa shape index (κ1) is 13.9. The topological polar surface area (TPSA) is 114 Å². The van der Waals surface area contributed by atoms with Crippen LogP contribution in [0, 0.1) is 24.0 Å². The third-order valence-corrected chi connectivity index (χ3v) is 2.84. The maximum atomic E-state index is 11.9. The molecule has 0 aliphatic rings. The molecule has 9 heteroatoms. The van der Waals surface area contributed by atoms with Crippen LogP contribution < -0.4 is 5.32 Å². The van der Waals surface area contributed by atoms with E-state index in [-0.39, 0.29) is 16.5 Å². The minimum absolute atomic E-state index is 0.0172. The molecule has 1 aromatic heterocycles. The molecule has 0 radical (unpaired) electrons. The van der Waals surface area contributed by atoms with Crippen molar-refractivity contribution in [2.45, 2.75) is 13.8 Å². The average Bonchev–Trinajstić information content (AvgIpc) is 2.79. The first-order valence-electron chi connectivity index (χ1n) is 5.53. The van der Waals surface area contributed by atoms with Crippen molar-refractivity contribution in [1.29, 1.82) is 0 Å². The molecule has 0 saturated heterocycles. The van der Waals surface area contributed by atoms with Gasteiger partial charge in [0.25, 0.3) is 11.6 Å². The minimum atomic E-state index is -0.584. The number of nitro benzene ring substituents is 1. The number of nitrogens with one attached hydrogen (secondary N) is 2. The Morgan fingerprint density at radius 3 is 2.70 bits per heavy atom. The molecule has 20 heavy (non-hydrogen) atoms. The van der Waals surface area contributed by atoms with Gasteiger partial charge in [-0.25, -0.2) is 4.98 Å². The highest BCUT2D eigenvalue weighted by Crippen LogP contribution is 2.30. The molecule has 1 aromatic carbocycles. The lowest BCUT2D eigenvalue weighted by atomic mass is 10.1. The average molecular weight is 296 g/mol. The molecule has 0 atom stereocenters. The van der Waals surface area contributed by atoms with Gasteiger partial charge in [0, 0.05) is 11.8 Å². The number of hydrogen-bond acceptors (Lipinski definition) is 5. The fourth-order valence-electron chi connectivity index (χ4n) is 1.56. The van der Waals surface area contributed by atoms with Crippen molar-refractivity contribution < 1.29 is 9.72 Å². The third-order valence-electron chi connectivity index (χ3n) is 2.54. The number of benzene rings is 1. The van der Waals surface area contributed by atoms with Crippen LogP contribution in [0.5, 0.6) is 0 Å². The summed E-state index contributed by atoms with van der Waals surface area (Å²) in [6.45, 7) is 3.29. The standard InChI is InChI=1S/C11H10ClN5O3/c1-5-3-9(17(19)20)7(12)4-8(5)14-11(18)10-13-6(2)15-16-10/h3-4H,1-2H3,(H,14,18)(H,13,15,16). The maximum Gasteiger partial charge on any atom is 0.295 e. The number of hydrogen-bond donors (Lipinski definition) is 2. The molecule has 0 fully saturated rings. The van der Waals surface area contributed by atoms with Crippen LogP contribution in [0.25, 0.3) is 0 Å². The van der Waals surface area contributed by atoms with E-state index in [9.17, 15) is 14.9 Å². The van der Waals surface area contributed by atoms with Crippen molar-refractivity contribution in [3.05, 3.63) is 44.5 Å². The summed E-state index contributed by atoms with van der Waals surface area (Å²) < 4.78 is 0. The van der Waals surface area contributed by atoms with Crippen LogP contribution in [0.4, 0.5) is 11.4 Å². The maximum absolute atomic E-state index is 11.9. The van der Waals surface area contributed by atoms with E-state index in [0.29, 0.717) is 17.1 Å². The number of halogens is 1. The van der Waals surface area contributed by atoms with E-state index >= 15 is 0 Å². The quantitative estimate of drug-likeness (QED) is 0.665. The van der Waals surface area contributed by atoms with Crippen molar-refractivity contribution in [1.82, 2.24) is 15.2 Å². The monoisotopic (exact) mass is 295 g/mol. The molecule has 8 nitrogen and oxygen atoms in total. The second-order valence-corrected chi connectivity index (χ2v) is 4.48. The van der Waals surface area contributed by atoms with Crippen LogP contribution in [0.1, 0.15) is 22.0 Å². The van der Waals surface area contributed by atoms with E-state index in [1.54, 1.807) is 13.8 Å². The second-order valence-electron chi connectivity index (χ2n) is 4.07. The molecule has 1 heterocycles. The van der Waals surface area contributed by atoms with Crippen LogP contribution >= 0.6 is 11.6 Å². The Labute approximate surface area is 118 Å². The van der Waals surface area contributed by atoms with Crippen LogP contribution in [0.15, 0.2) is 12.1 Å². The molecule has 0 saturated carbocycles. The van der Waals surface area contributed by atoms with E-state index in [2.05, 4.69) is 20.5 Å². The number of carbonyl (C=O) groups excluding carboxylic acids is 1. The van der Waals surface area contributed by atoms with Gasteiger partial charge in [-0.15, -0.1) is 5.10 Å². The van der Waals surface area contributed by atoms with Crippen molar-refractivity contribution in [3.8, 4) is 0 Å². The molecule has 0 aliphatic carbocycles. The van der Waals surface area contributed by atoms with Crippen molar-refractivity contribution >= 4 is 28.9 Å². The molecule has 2 N–H and O–H groups in total. The number of nitrogens with zero attached hydrogens (tertiary/aromatic N) is 3. The predicted octanol–water partition coefficient (Wildman–Crippen LogP) is 2.24.